The smallest absolute Gasteiger partial charge is 0.335 e. The van der Waals surface area contributed by atoms with Crippen LogP contribution < -0.4 is 0 Å². The Morgan fingerprint density at radius 2 is 1.68 bits per heavy atom. The lowest BCUT2D eigenvalue weighted by molar-refractivity contribution is -0.130. The lowest BCUT2D eigenvalue weighted by Gasteiger charge is -2.49. The predicted octanol–water partition coefficient (Wildman–Crippen LogP) is 5.80. The second-order valence-corrected chi connectivity index (χ2v) is 13.9. The molecule has 38 heavy (non-hydrogen) atoms. The summed E-state index contributed by atoms with van der Waals surface area (Å²) in [5.41, 5.74) is 1.37. The zero-order valence-corrected chi connectivity index (χ0v) is 24.3. The molecule has 0 radical (unpaired) electrons. The quantitative estimate of drug-likeness (QED) is 0.525. The van der Waals surface area contributed by atoms with Crippen LogP contribution in [0.25, 0.3) is 0 Å². The van der Waals surface area contributed by atoms with Crippen molar-refractivity contribution in [2.45, 2.75) is 91.6 Å². The number of morpholine rings is 1. The lowest BCUT2D eigenvalue weighted by atomic mass is 9.67. The number of aliphatic imine (C=N–C) groups is 1. The van der Waals surface area contributed by atoms with E-state index in [1.54, 1.807) is 12.1 Å². The normalized spacial score (nSPS) is 25.9. The van der Waals surface area contributed by atoms with Crippen molar-refractivity contribution in [1.82, 2.24) is 9.80 Å². The Hall–Kier alpha value is -2.41. The second kappa shape index (κ2) is 11.0. The Morgan fingerprint density at radius 1 is 1.08 bits per heavy atom. The summed E-state index contributed by atoms with van der Waals surface area (Å²) in [5.74, 6) is 0.308. The van der Waals surface area contributed by atoms with Crippen LogP contribution in [0.1, 0.15) is 102 Å². The number of amidine groups is 1. The average Bonchev–Trinajstić information content (AvgIpc) is 2.86. The maximum Gasteiger partial charge on any atom is 0.335 e. The molecule has 2 aliphatic heterocycles. The molecular formula is C31H47N3O4. The highest BCUT2D eigenvalue weighted by Crippen LogP contribution is 2.46. The summed E-state index contributed by atoms with van der Waals surface area (Å²) in [6.07, 6.45) is 5.97. The number of carboxylic acid groups (broad SMARTS) is 1. The average molecular weight is 526 g/mol. The van der Waals surface area contributed by atoms with E-state index in [-0.39, 0.29) is 33.9 Å². The van der Waals surface area contributed by atoms with Crippen LogP contribution >= 0.6 is 0 Å². The highest BCUT2D eigenvalue weighted by atomic mass is 16.5. The van der Waals surface area contributed by atoms with E-state index in [1.165, 1.54) is 0 Å². The molecule has 2 fully saturated rings. The summed E-state index contributed by atoms with van der Waals surface area (Å²) in [4.78, 5) is 35.2. The summed E-state index contributed by atoms with van der Waals surface area (Å²) in [6.45, 7) is 16.9. The molecule has 1 amide bonds. The molecule has 210 valence electrons. The Bertz CT molecular complexity index is 1020. The van der Waals surface area contributed by atoms with Crippen molar-refractivity contribution < 1.29 is 19.4 Å². The minimum atomic E-state index is -0.937. The number of carboxylic acids is 1. The van der Waals surface area contributed by atoms with Crippen LogP contribution in [-0.4, -0.2) is 71.0 Å². The molecule has 0 aromatic heterocycles. The molecule has 2 heterocycles. The molecule has 1 saturated carbocycles. The molecule has 7 nitrogen and oxygen atoms in total. The van der Waals surface area contributed by atoms with Crippen LogP contribution in [0, 0.1) is 16.7 Å². The van der Waals surface area contributed by atoms with Crippen molar-refractivity contribution >= 4 is 17.7 Å². The van der Waals surface area contributed by atoms with Crippen molar-refractivity contribution in [1.29, 1.82) is 0 Å². The van der Waals surface area contributed by atoms with Gasteiger partial charge in [0, 0.05) is 19.6 Å². The molecule has 1 N–H and O–H groups in total. The first kappa shape index (κ1) is 28.6. The third-order valence-corrected chi connectivity index (χ3v) is 8.80. The zero-order chi connectivity index (χ0) is 27.7. The monoisotopic (exact) mass is 525 g/mol. The molecular weight excluding hydrogens is 478 g/mol. The van der Waals surface area contributed by atoms with E-state index >= 15 is 0 Å². The Kier molecular flexibility index (Phi) is 8.27. The van der Waals surface area contributed by atoms with Gasteiger partial charge >= 0.3 is 5.97 Å². The van der Waals surface area contributed by atoms with E-state index in [0.717, 1.165) is 44.1 Å². The molecule has 1 atom stereocenters. The lowest BCUT2D eigenvalue weighted by Crippen LogP contribution is -2.59. The van der Waals surface area contributed by atoms with E-state index in [2.05, 4.69) is 51.3 Å². The maximum atomic E-state index is 14.2. The van der Waals surface area contributed by atoms with Crippen LogP contribution in [0.15, 0.2) is 29.3 Å². The van der Waals surface area contributed by atoms with E-state index in [4.69, 9.17) is 9.73 Å². The van der Waals surface area contributed by atoms with Crippen molar-refractivity contribution in [3.05, 3.63) is 35.4 Å². The number of rotatable bonds is 5. The number of hydrogen-bond acceptors (Lipinski definition) is 5. The molecule has 0 bridgehead atoms. The number of amides is 1. The van der Waals surface area contributed by atoms with Crippen LogP contribution in [0.5, 0.6) is 0 Å². The summed E-state index contributed by atoms with van der Waals surface area (Å²) in [6, 6.07) is 6.99. The molecule has 1 aliphatic carbocycles. The van der Waals surface area contributed by atoms with Gasteiger partial charge in [0.25, 0.3) is 5.91 Å². The van der Waals surface area contributed by atoms with Gasteiger partial charge in [0.05, 0.1) is 30.4 Å². The third-order valence-electron chi connectivity index (χ3n) is 8.80. The SMILES string of the molecule is CC(C)(C)CC[C@H](c1ccc(C(=O)O)cc1)N1CC2(CCC(C(C)(C)C)CC2)N=C(N2CCOCC2)C1=O. The minimum Gasteiger partial charge on any atom is -0.478 e. The van der Waals surface area contributed by atoms with Crippen LogP contribution in [0.2, 0.25) is 0 Å². The first-order valence-corrected chi connectivity index (χ1v) is 14.3. The minimum absolute atomic E-state index is 0.00306. The first-order chi connectivity index (χ1) is 17.8. The third kappa shape index (κ3) is 6.59. The van der Waals surface area contributed by atoms with E-state index in [1.807, 2.05) is 12.1 Å². The van der Waals surface area contributed by atoms with Crippen molar-refractivity contribution in [3.63, 3.8) is 0 Å². The van der Waals surface area contributed by atoms with Gasteiger partial charge in [-0.25, -0.2) is 4.79 Å². The molecule has 1 aromatic carbocycles. The van der Waals surface area contributed by atoms with E-state index in [0.29, 0.717) is 44.6 Å². The van der Waals surface area contributed by atoms with Crippen molar-refractivity contribution in [2.75, 3.05) is 32.8 Å². The van der Waals surface area contributed by atoms with Crippen molar-refractivity contribution in [3.8, 4) is 0 Å². The Morgan fingerprint density at radius 3 is 2.21 bits per heavy atom. The number of nitrogens with zero attached hydrogens (tertiary/aromatic N) is 3. The van der Waals surface area contributed by atoms with Crippen LogP contribution in [0.4, 0.5) is 0 Å². The van der Waals surface area contributed by atoms with Gasteiger partial charge in [0.2, 0.25) is 0 Å². The highest BCUT2D eigenvalue weighted by Gasteiger charge is 2.47. The van der Waals surface area contributed by atoms with Crippen molar-refractivity contribution in [2.24, 2.45) is 21.7 Å². The van der Waals surface area contributed by atoms with Gasteiger partial charge < -0.3 is 19.6 Å². The first-order valence-electron chi connectivity index (χ1n) is 14.3. The standard InChI is InChI=1S/C31H47N3O4/c1-29(2,3)14-13-25(22-7-9-23(10-8-22)28(36)37)34-21-31(15-11-24(12-16-31)30(4,5)6)32-26(27(34)35)33-17-19-38-20-18-33/h7-10,24-25H,11-21H2,1-6H3,(H,36,37)/t24?,25-,31?/m1/s1. The second-order valence-electron chi connectivity index (χ2n) is 13.9. The van der Waals surface area contributed by atoms with Gasteiger partial charge in [-0.05, 0) is 73.0 Å². The summed E-state index contributed by atoms with van der Waals surface area (Å²) >= 11 is 0. The molecule has 1 saturated heterocycles. The van der Waals surface area contributed by atoms with E-state index < -0.39 is 5.97 Å². The van der Waals surface area contributed by atoms with E-state index in [9.17, 15) is 14.7 Å². The van der Waals surface area contributed by atoms with Crippen LogP contribution in [-0.2, 0) is 9.53 Å². The van der Waals surface area contributed by atoms with Gasteiger partial charge in [-0.15, -0.1) is 0 Å². The van der Waals surface area contributed by atoms with Crippen LogP contribution in [0.3, 0.4) is 0 Å². The fraction of sp³-hybridized carbons (Fsp3) is 0.710. The number of carbonyl (C=O) groups is 2. The number of aromatic carboxylic acids is 1. The van der Waals surface area contributed by atoms with Gasteiger partial charge in [-0.1, -0.05) is 53.7 Å². The summed E-state index contributed by atoms with van der Waals surface area (Å²) < 4.78 is 5.59. The fourth-order valence-corrected chi connectivity index (χ4v) is 6.27. The number of ether oxygens (including phenoxy) is 1. The topological polar surface area (TPSA) is 82.4 Å². The fourth-order valence-electron chi connectivity index (χ4n) is 6.27. The Labute approximate surface area is 228 Å². The summed E-state index contributed by atoms with van der Waals surface area (Å²) in [5, 5.41) is 9.44. The predicted molar refractivity (Wildman–Crippen MR) is 151 cm³/mol. The van der Waals surface area contributed by atoms with Gasteiger partial charge in [0.15, 0.2) is 5.84 Å². The Balaban J connectivity index is 1.71. The number of carbonyl (C=O) groups excluding carboxylic acids is 1. The molecule has 4 rings (SSSR count). The maximum absolute atomic E-state index is 14.2. The molecule has 1 aromatic rings. The van der Waals surface area contributed by atoms with Gasteiger partial charge in [-0.2, -0.15) is 0 Å². The van der Waals surface area contributed by atoms with Gasteiger partial charge in [-0.3, -0.25) is 9.79 Å². The molecule has 7 heteroatoms. The highest BCUT2D eigenvalue weighted by molar-refractivity contribution is 6.38. The molecule has 0 unspecified atom stereocenters. The zero-order valence-electron chi connectivity index (χ0n) is 24.3. The molecule has 3 aliphatic rings. The summed E-state index contributed by atoms with van der Waals surface area (Å²) in [7, 11) is 0. The molecule has 1 spiro atoms. The number of benzene rings is 1. The van der Waals surface area contributed by atoms with Gasteiger partial charge in [0.1, 0.15) is 0 Å². The largest absolute Gasteiger partial charge is 0.478 e. The number of hydrogen-bond donors (Lipinski definition) is 1.